The molecule has 0 aromatic carbocycles. The van der Waals surface area contributed by atoms with Gasteiger partial charge in [-0.1, -0.05) is 17.2 Å². The third kappa shape index (κ3) is 7.30. The van der Waals surface area contributed by atoms with E-state index in [0.29, 0.717) is 6.42 Å². The first-order valence-electron chi connectivity index (χ1n) is 4.68. The lowest BCUT2D eigenvalue weighted by atomic mass is 10.1. The molecule has 0 rings (SSSR count). The molecule has 0 amide bonds. The molecule has 0 fully saturated rings. The summed E-state index contributed by atoms with van der Waals surface area (Å²) in [5.41, 5.74) is 0.111. The van der Waals surface area contributed by atoms with Crippen molar-refractivity contribution in [2.24, 2.45) is 0 Å². The van der Waals surface area contributed by atoms with Gasteiger partial charge in [-0.3, -0.25) is 4.55 Å². The Labute approximate surface area is 91.1 Å². The molecule has 88 valence electrons. The van der Waals surface area contributed by atoms with Crippen LogP contribution in [0.25, 0.3) is 0 Å². The van der Waals surface area contributed by atoms with Gasteiger partial charge in [0, 0.05) is 0 Å². The zero-order valence-corrected chi connectivity index (χ0v) is 10.1. The summed E-state index contributed by atoms with van der Waals surface area (Å²) in [6, 6.07) is 0. The first kappa shape index (κ1) is 14.3. The second-order valence-electron chi connectivity index (χ2n) is 3.74. The molecule has 0 radical (unpaired) electrons. The van der Waals surface area contributed by atoms with E-state index in [1.54, 1.807) is 6.92 Å². The summed E-state index contributed by atoms with van der Waals surface area (Å²) in [5.74, 6) is 0. The highest BCUT2D eigenvalue weighted by Crippen LogP contribution is 2.09. The zero-order valence-electron chi connectivity index (χ0n) is 9.27. The average Bonchev–Trinajstić information content (AvgIpc) is 2.01. The summed E-state index contributed by atoms with van der Waals surface area (Å²) in [7, 11) is -4.38. The number of aliphatic hydroxyl groups is 1. The van der Waals surface area contributed by atoms with E-state index in [-0.39, 0.29) is 0 Å². The normalized spacial score (nSPS) is 14.9. The van der Waals surface area contributed by atoms with Crippen LogP contribution < -0.4 is 0 Å². The highest BCUT2D eigenvalue weighted by molar-refractivity contribution is 7.86. The van der Waals surface area contributed by atoms with Crippen molar-refractivity contribution in [1.82, 2.24) is 0 Å². The van der Waals surface area contributed by atoms with Crippen molar-refractivity contribution in [3.8, 4) is 0 Å². The van der Waals surface area contributed by atoms with E-state index < -0.39 is 15.6 Å². The Bertz CT molecular complexity index is 348. The Balaban J connectivity index is 4.28. The lowest BCUT2D eigenvalue weighted by Crippen LogP contribution is -2.17. The lowest BCUT2D eigenvalue weighted by molar-refractivity contribution is 0.274. The zero-order chi connectivity index (χ0) is 12.1. The van der Waals surface area contributed by atoms with E-state index in [9.17, 15) is 8.42 Å². The Hall–Kier alpha value is -0.650. The lowest BCUT2D eigenvalue weighted by Gasteiger charge is -2.03. The fourth-order valence-electron chi connectivity index (χ4n) is 1.00. The average molecular weight is 234 g/mol. The van der Waals surface area contributed by atoms with Crippen molar-refractivity contribution >= 4 is 10.1 Å². The van der Waals surface area contributed by atoms with Crippen LogP contribution in [0, 0.1) is 0 Å². The van der Waals surface area contributed by atoms with E-state index in [1.165, 1.54) is 5.57 Å². The molecule has 0 aromatic heterocycles. The molecule has 0 aliphatic carbocycles. The summed E-state index contributed by atoms with van der Waals surface area (Å²) < 4.78 is 29.5. The topological polar surface area (TPSA) is 74.6 Å². The molecule has 15 heavy (non-hydrogen) atoms. The second-order valence-corrected chi connectivity index (χ2v) is 5.25. The van der Waals surface area contributed by atoms with E-state index in [1.807, 2.05) is 19.9 Å². The summed E-state index contributed by atoms with van der Waals surface area (Å²) in [4.78, 5) is 0. The van der Waals surface area contributed by atoms with Crippen molar-refractivity contribution in [3.05, 3.63) is 23.3 Å². The molecule has 0 heterocycles. The van der Waals surface area contributed by atoms with Gasteiger partial charge in [-0.25, -0.2) is 0 Å². The van der Waals surface area contributed by atoms with Crippen LogP contribution in [0.4, 0.5) is 0 Å². The Morgan fingerprint density at radius 1 is 1.33 bits per heavy atom. The predicted molar refractivity (Wildman–Crippen MR) is 60.0 cm³/mol. The van der Waals surface area contributed by atoms with E-state index in [4.69, 9.17) is 9.66 Å². The third-order valence-corrected chi connectivity index (χ3v) is 2.57. The summed E-state index contributed by atoms with van der Waals surface area (Å²) >= 11 is 0. The van der Waals surface area contributed by atoms with Crippen LogP contribution in [-0.2, 0) is 10.1 Å². The van der Waals surface area contributed by atoms with Gasteiger partial charge >= 0.3 is 0 Å². The molecule has 0 spiro atoms. The molecule has 5 heteroatoms. The standard InChI is InChI=1S/C10H18O4S/c1-8(2)5-4-6-9(3)7-10(11)15(12,13)14/h5,7,10-11H,4,6H2,1-3H3,(H,12,13,14)/b9-7+. The largest absolute Gasteiger partial charge is 0.372 e. The van der Waals surface area contributed by atoms with Gasteiger partial charge in [-0.15, -0.1) is 0 Å². The van der Waals surface area contributed by atoms with Crippen molar-refractivity contribution in [3.63, 3.8) is 0 Å². The molecule has 0 saturated heterocycles. The maximum Gasteiger partial charge on any atom is 0.295 e. The van der Waals surface area contributed by atoms with Gasteiger partial charge in [0.15, 0.2) is 5.44 Å². The highest BCUT2D eigenvalue weighted by atomic mass is 32.2. The van der Waals surface area contributed by atoms with Crippen molar-refractivity contribution in [2.75, 3.05) is 0 Å². The van der Waals surface area contributed by atoms with E-state index in [2.05, 4.69) is 0 Å². The maximum atomic E-state index is 10.5. The number of hydrogen-bond donors (Lipinski definition) is 2. The quantitative estimate of drug-likeness (QED) is 0.562. The number of hydrogen-bond acceptors (Lipinski definition) is 3. The van der Waals surface area contributed by atoms with Gasteiger partial charge in [-0.05, 0) is 39.7 Å². The van der Waals surface area contributed by atoms with Crippen LogP contribution in [-0.4, -0.2) is 23.5 Å². The van der Waals surface area contributed by atoms with Crippen LogP contribution in [0.5, 0.6) is 0 Å². The molecule has 0 aliphatic heterocycles. The van der Waals surface area contributed by atoms with Crippen molar-refractivity contribution < 1.29 is 18.1 Å². The molecule has 0 saturated carbocycles. The van der Waals surface area contributed by atoms with Crippen LogP contribution >= 0.6 is 0 Å². The number of rotatable bonds is 5. The SMILES string of the molecule is CC(C)=CCC/C(C)=C/C(O)S(=O)(=O)O. The van der Waals surface area contributed by atoms with Gasteiger partial charge in [0.1, 0.15) is 0 Å². The van der Waals surface area contributed by atoms with Crippen LogP contribution in [0.2, 0.25) is 0 Å². The van der Waals surface area contributed by atoms with E-state index in [0.717, 1.165) is 18.1 Å². The summed E-state index contributed by atoms with van der Waals surface area (Å²) in [5, 5.41) is 9.03. The third-order valence-electron chi connectivity index (χ3n) is 1.82. The Morgan fingerprint density at radius 2 is 1.87 bits per heavy atom. The first-order valence-corrected chi connectivity index (χ1v) is 6.19. The first-order chi connectivity index (χ1) is 6.73. The summed E-state index contributed by atoms with van der Waals surface area (Å²) in [6.45, 7) is 5.67. The monoisotopic (exact) mass is 234 g/mol. The molecule has 0 bridgehead atoms. The Kier molecular flexibility index (Phi) is 5.79. The maximum absolute atomic E-state index is 10.5. The van der Waals surface area contributed by atoms with Gasteiger partial charge in [0.25, 0.3) is 10.1 Å². The van der Waals surface area contributed by atoms with Crippen molar-refractivity contribution in [1.29, 1.82) is 0 Å². The van der Waals surface area contributed by atoms with Gasteiger partial charge in [0.05, 0.1) is 0 Å². The van der Waals surface area contributed by atoms with Gasteiger partial charge < -0.3 is 5.11 Å². The molecule has 1 unspecified atom stereocenters. The molecule has 0 aromatic rings. The molecule has 0 aliphatic rings. The minimum absolute atomic E-state index is 0.664. The molecule has 1 atom stereocenters. The predicted octanol–water partition coefficient (Wildman–Crippen LogP) is 1.89. The number of aliphatic hydroxyl groups excluding tert-OH is 1. The molecule has 4 nitrogen and oxygen atoms in total. The smallest absolute Gasteiger partial charge is 0.295 e. The fourth-order valence-corrected chi connectivity index (χ4v) is 1.41. The van der Waals surface area contributed by atoms with Crippen molar-refractivity contribution in [2.45, 2.75) is 39.0 Å². The molecule has 2 N–H and O–H groups in total. The minimum atomic E-state index is -4.38. The Morgan fingerprint density at radius 3 is 2.27 bits per heavy atom. The summed E-state index contributed by atoms with van der Waals surface area (Å²) in [6.07, 6.45) is 4.63. The van der Waals surface area contributed by atoms with Crippen LogP contribution in [0.15, 0.2) is 23.3 Å². The fraction of sp³-hybridized carbons (Fsp3) is 0.600. The van der Waals surface area contributed by atoms with Crippen LogP contribution in [0.3, 0.4) is 0 Å². The van der Waals surface area contributed by atoms with Gasteiger partial charge in [0.2, 0.25) is 0 Å². The molecular weight excluding hydrogens is 216 g/mol. The van der Waals surface area contributed by atoms with Crippen LogP contribution in [0.1, 0.15) is 33.6 Å². The number of allylic oxidation sites excluding steroid dienone is 3. The minimum Gasteiger partial charge on any atom is -0.372 e. The van der Waals surface area contributed by atoms with E-state index >= 15 is 0 Å². The second kappa shape index (κ2) is 6.05. The van der Waals surface area contributed by atoms with Gasteiger partial charge in [-0.2, -0.15) is 8.42 Å². The molecular formula is C10H18O4S. The highest BCUT2D eigenvalue weighted by Gasteiger charge is 2.16.